The van der Waals surface area contributed by atoms with Gasteiger partial charge in [0.15, 0.2) is 0 Å². The molecule has 1 unspecified atom stereocenters. The zero-order chi connectivity index (χ0) is 10.3. The number of ether oxygens (including phenoxy) is 1. The van der Waals surface area contributed by atoms with Gasteiger partial charge in [0.05, 0.1) is 6.10 Å². The Morgan fingerprint density at radius 1 is 1.46 bits per heavy atom. The number of carbonyl (C=O) groups is 1. The molecule has 0 heterocycles. The normalized spacial score (nSPS) is 14.0. The minimum atomic E-state index is -0.208. The SMILES string of the molecule is CCCC(C)OC(=O)C=C(C)CC. The highest BCUT2D eigenvalue weighted by molar-refractivity contribution is 5.82. The number of carbonyl (C=O) groups excluding carboxylic acids is 1. The van der Waals surface area contributed by atoms with E-state index < -0.39 is 0 Å². The summed E-state index contributed by atoms with van der Waals surface area (Å²) in [6, 6.07) is 0. The van der Waals surface area contributed by atoms with Crippen LogP contribution in [-0.4, -0.2) is 12.1 Å². The van der Waals surface area contributed by atoms with Crippen LogP contribution in [0.2, 0.25) is 0 Å². The molecule has 76 valence electrons. The molecule has 0 bridgehead atoms. The lowest BCUT2D eigenvalue weighted by Gasteiger charge is -2.10. The summed E-state index contributed by atoms with van der Waals surface area (Å²) in [7, 11) is 0. The Balaban J connectivity index is 3.86. The van der Waals surface area contributed by atoms with E-state index >= 15 is 0 Å². The van der Waals surface area contributed by atoms with E-state index in [9.17, 15) is 4.79 Å². The maximum atomic E-state index is 11.2. The average Bonchev–Trinajstić information content (AvgIpc) is 2.04. The molecule has 1 atom stereocenters. The van der Waals surface area contributed by atoms with Gasteiger partial charge in [0.2, 0.25) is 0 Å². The second-order valence-electron chi connectivity index (χ2n) is 3.38. The molecule has 0 aliphatic heterocycles. The molecule has 0 spiro atoms. The highest BCUT2D eigenvalue weighted by Crippen LogP contribution is 2.04. The highest BCUT2D eigenvalue weighted by Gasteiger charge is 2.05. The van der Waals surface area contributed by atoms with E-state index in [1.165, 1.54) is 0 Å². The van der Waals surface area contributed by atoms with Gasteiger partial charge in [-0.05, 0) is 26.7 Å². The molecular weight excluding hydrogens is 164 g/mol. The van der Waals surface area contributed by atoms with Crippen molar-refractivity contribution in [2.75, 3.05) is 0 Å². The summed E-state index contributed by atoms with van der Waals surface area (Å²) >= 11 is 0. The number of rotatable bonds is 5. The van der Waals surface area contributed by atoms with Crippen LogP contribution in [-0.2, 0) is 9.53 Å². The summed E-state index contributed by atoms with van der Waals surface area (Å²) in [6.45, 7) is 7.97. The van der Waals surface area contributed by atoms with Crippen LogP contribution in [0.5, 0.6) is 0 Å². The van der Waals surface area contributed by atoms with Crippen molar-refractivity contribution in [1.82, 2.24) is 0 Å². The number of allylic oxidation sites excluding steroid dienone is 1. The molecule has 0 N–H and O–H groups in total. The van der Waals surface area contributed by atoms with Crippen molar-refractivity contribution >= 4 is 5.97 Å². The minimum Gasteiger partial charge on any atom is -0.460 e. The molecule has 0 aromatic rings. The standard InChI is InChI=1S/C11H20O2/c1-5-7-10(4)13-11(12)8-9(3)6-2/h8,10H,5-7H2,1-4H3. The predicted octanol–water partition coefficient (Wildman–Crippen LogP) is 3.07. The van der Waals surface area contributed by atoms with Crippen LogP contribution in [0.25, 0.3) is 0 Å². The lowest BCUT2D eigenvalue weighted by Crippen LogP contribution is -2.12. The van der Waals surface area contributed by atoms with Crippen LogP contribution >= 0.6 is 0 Å². The smallest absolute Gasteiger partial charge is 0.330 e. The molecule has 0 aromatic carbocycles. The van der Waals surface area contributed by atoms with Crippen molar-refractivity contribution in [2.45, 2.75) is 53.1 Å². The lowest BCUT2D eigenvalue weighted by molar-refractivity contribution is -0.142. The zero-order valence-electron chi connectivity index (χ0n) is 9.09. The van der Waals surface area contributed by atoms with Crippen molar-refractivity contribution in [3.63, 3.8) is 0 Å². The van der Waals surface area contributed by atoms with E-state index in [1.54, 1.807) is 6.08 Å². The monoisotopic (exact) mass is 184 g/mol. The van der Waals surface area contributed by atoms with Crippen molar-refractivity contribution in [3.05, 3.63) is 11.6 Å². The van der Waals surface area contributed by atoms with Gasteiger partial charge in [-0.3, -0.25) is 0 Å². The van der Waals surface area contributed by atoms with E-state index in [-0.39, 0.29) is 12.1 Å². The molecule has 0 saturated heterocycles. The van der Waals surface area contributed by atoms with E-state index in [0.29, 0.717) is 0 Å². The largest absolute Gasteiger partial charge is 0.460 e. The molecule has 0 rings (SSSR count). The Morgan fingerprint density at radius 2 is 2.08 bits per heavy atom. The summed E-state index contributed by atoms with van der Waals surface area (Å²) in [5.74, 6) is -0.208. The molecular formula is C11H20O2. The first-order valence-corrected chi connectivity index (χ1v) is 4.97. The number of esters is 1. The first kappa shape index (κ1) is 12.2. The Labute approximate surface area is 81.0 Å². The molecule has 0 amide bonds. The van der Waals surface area contributed by atoms with Gasteiger partial charge in [-0.1, -0.05) is 25.8 Å². The van der Waals surface area contributed by atoms with Crippen molar-refractivity contribution in [3.8, 4) is 0 Å². The van der Waals surface area contributed by atoms with Gasteiger partial charge in [-0.15, -0.1) is 0 Å². The van der Waals surface area contributed by atoms with Crippen LogP contribution in [0.15, 0.2) is 11.6 Å². The summed E-state index contributed by atoms with van der Waals surface area (Å²) in [5, 5.41) is 0. The van der Waals surface area contributed by atoms with E-state index in [2.05, 4.69) is 6.92 Å². The van der Waals surface area contributed by atoms with Gasteiger partial charge in [-0.2, -0.15) is 0 Å². The fraction of sp³-hybridized carbons (Fsp3) is 0.727. The van der Waals surface area contributed by atoms with E-state index in [4.69, 9.17) is 4.74 Å². The van der Waals surface area contributed by atoms with Gasteiger partial charge in [-0.25, -0.2) is 4.79 Å². The van der Waals surface area contributed by atoms with Crippen LogP contribution < -0.4 is 0 Å². The second-order valence-corrected chi connectivity index (χ2v) is 3.38. The molecule has 0 fully saturated rings. The van der Waals surface area contributed by atoms with Gasteiger partial charge >= 0.3 is 5.97 Å². The first-order chi connectivity index (χ1) is 6.10. The Kier molecular flexibility index (Phi) is 6.29. The maximum Gasteiger partial charge on any atom is 0.330 e. The zero-order valence-corrected chi connectivity index (χ0v) is 9.09. The molecule has 0 saturated carbocycles. The predicted molar refractivity (Wildman–Crippen MR) is 54.5 cm³/mol. The first-order valence-electron chi connectivity index (χ1n) is 4.97. The Bertz CT molecular complexity index is 183. The fourth-order valence-corrected chi connectivity index (χ4v) is 1.00. The third-order valence-electron chi connectivity index (χ3n) is 1.93. The Hall–Kier alpha value is -0.790. The van der Waals surface area contributed by atoms with Crippen LogP contribution in [0, 0.1) is 0 Å². The number of hydrogen-bond donors (Lipinski definition) is 0. The van der Waals surface area contributed by atoms with Crippen molar-refractivity contribution in [2.24, 2.45) is 0 Å². The second kappa shape index (κ2) is 6.70. The molecule has 0 radical (unpaired) electrons. The van der Waals surface area contributed by atoms with Gasteiger partial charge in [0.25, 0.3) is 0 Å². The third-order valence-corrected chi connectivity index (χ3v) is 1.93. The summed E-state index contributed by atoms with van der Waals surface area (Å²) < 4.78 is 5.15. The highest BCUT2D eigenvalue weighted by atomic mass is 16.5. The van der Waals surface area contributed by atoms with E-state index in [0.717, 1.165) is 24.8 Å². The third kappa shape index (κ3) is 6.38. The Morgan fingerprint density at radius 3 is 2.54 bits per heavy atom. The summed E-state index contributed by atoms with van der Waals surface area (Å²) in [5.41, 5.74) is 1.06. The molecule has 13 heavy (non-hydrogen) atoms. The van der Waals surface area contributed by atoms with Crippen molar-refractivity contribution in [1.29, 1.82) is 0 Å². The lowest BCUT2D eigenvalue weighted by atomic mass is 10.2. The van der Waals surface area contributed by atoms with E-state index in [1.807, 2.05) is 20.8 Å². The number of hydrogen-bond acceptors (Lipinski definition) is 2. The molecule has 0 aromatic heterocycles. The molecule has 0 aliphatic carbocycles. The quantitative estimate of drug-likeness (QED) is 0.485. The molecule has 2 heteroatoms. The van der Waals surface area contributed by atoms with Crippen LogP contribution in [0.4, 0.5) is 0 Å². The van der Waals surface area contributed by atoms with Gasteiger partial charge in [0, 0.05) is 6.08 Å². The van der Waals surface area contributed by atoms with Crippen molar-refractivity contribution < 1.29 is 9.53 Å². The molecule has 2 nitrogen and oxygen atoms in total. The van der Waals surface area contributed by atoms with Crippen LogP contribution in [0.3, 0.4) is 0 Å². The van der Waals surface area contributed by atoms with Gasteiger partial charge < -0.3 is 4.74 Å². The minimum absolute atomic E-state index is 0.0402. The molecule has 0 aliphatic rings. The average molecular weight is 184 g/mol. The van der Waals surface area contributed by atoms with Crippen LogP contribution in [0.1, 0.15) is 47.0 Å². The van der Waals surface area contributed by atoms with Gasteiger partial charge in [0.1, 0.15) is 0 Å². The fourth-order valence-electron chi connectivity index (χ4n) is 1.00. The maximum absolute atomic E-state index is 11.2. The summed E-state index contributed by atoms with van der Waals surface area (Å²) in [6.07, 6.45) is 4.50. The summed E-state index contributed by atoms with van der Waals surface area (Å²) in [4.78, 5) is 11.2. The topological polar surface area (TPSA) is 26.3 Å².